The first-order valence-electron chi connectivity index (χ1n) is 17.1. The van der Waals surface area contributed by atoms with E-state index in [2.05, 4.69) is 28.8 Å². The maximum atomic E-state index is 14.3. The Morgan fingerprint density at radius 3 is 2.65 bits per heavy atom. The van der Waals surface area contributed by atoms with Gasteiger partial charge in [-0.1, -0.05) is 12.7 Å². The summed E-state index contributed by atoms with van der Waals surface area (Å²) in [7, 11) is 0. The summed E-state index contributed by atoms with van der Waals surface area (Å²) >= 11 is 1.29. The molecule has 1 aromatic carbocycles. The quantitative estimate of drug-likeness (QED) is 0.210. The Labute approximate surface area is 298 Å². The van der Waals surface area contributed by atoms with Gasteiger partial charge in [0, 0.05) is 41.2 Å². The molecule has 14 nitrogen and oxygen atoms in total. The number of thiazole rings is 1. The van der Waals surface area contributed by atoms with Crippen molar-refractivity contribution in [3.05, 3.63) is 53.9 Å². The molecule has 2 saturated carbocycles. The average Bonchev–Trinajstić information content (AvgIpc) is 3.70. The number of fused-ring (bicyclic) bond motifs is 3. The van der Waals surface area contributed by atoms with Crippen molar-refractivity contribution >= 4 is 51.2 Å². The van der Waals surface area contributed by atoms with E-state index in [-0.39, 0.29) is 25.5 Å². The maximum absolute atomic E-state index is 14.3. The standard InChI is InChI=1S/C36H40N6O8S/c1-4-19-15-36(19,33(45)46)41-31(43)26-13-21(16-42(26)32(44)29(18(2)3)40-35(47)50-20-7-5-6-8-20)49-28-14-24(25-17-51-34(37)39-25)38-30-22(28)9-10-27-23(30)11-12-48-27/h4,9-10,14,17,19-21,26,29H,1-2,5-8,11-13,15-16H2,3H3,(H2,37,39)(H,40,47)(H,41,43)(H,45,46)/t19-,21-,26+,29+,36-/m1/s1. The number of nitrogens with two attached hydrogens (primary N) is 1. The highest BCUT2D eigenvalue weighted by Gasteiger charge is 2.61. The summed E-state index contributed by atoms with van der Waals surface area (Å²) in [5, 5.41) is 18.3. The average molecular weight is 717 g/mol. The van der Waals surface area contributed by atoms with E-state index in [1.807, 2.05) is 12.1 Å². The van der Waals surface area contributed by atoms with E-state index in [1.54, 1.807) is 18.4 Å². The number of carbonyl (C=O) groups excluding carboxylic acids is 3. The molecule has 4 heterocycles. The Morgan fingerprint density at radius 1 is 1.20 bits per heavy atom. The van der Waals surface area contributed by atoms with Crippen molar-refractivity contribution in [3.63, 3.8) is 0 Å². The number of ether oxygens (including phenoxy) is 3. The van der Waals surface area contributed by atoms with E-state index in [4.69, 9.17) is 24.9 Å². The monoisotopic (exact) mass is 716 g/mol. The van der Waals surface area contributed by atoms with Crippen LogP contribution in [0.15, 0.2) is 48.4 Å². The van der Waals surface area contributed by atoms with Gasteiger partial charge in [0.25, 0.3) is 0 Å². The van der Waals surface area contributed by atoms with Crippen LogP contribution in [0.3, 0.4) is 0 Å². The number of rotatable bonds is 11. The van der Waals surface area contributed by atoms with Crippen LogP contribution in [0.1, 0.15) is 51.0 Å². The lowest BCUT2D eigenvalue weighted by Crippen LogP contribution is -2.56. The van der Waals surface area contributed by atoms with Gasteiger partial charge in [-0.2, -0.15) is 0 Å². The number of hydrogen-bond donors (Lipinski definition) is 4. The van der Waals surface area contributed by atoms with E-state index in [0.717, 1.165) is 37.0 Å². The molecule has 15 heteroatoms. The fourth-order valence-corrected chi connectivity index (χ4v) is 7.87. The van der Waals surface area contributed by atoms with Crippen LogP contribution in [0.25, 0.3) is 22.3 Å². The first-order valence-corrected chi connectivity index (χ1v) is 17.9. The molecule has 1 saturated heterocycles. The third-order valence-corrected chi connectivity index (χ3v) is 10.8. The van der Waals surface area contributed by atoms with Crippen LogP contribution in [-0.4, -0.2) is 86.8 Å². The van der Waals surface area contributed by atoms with Crippen LogP contribution in [0, 0.1) is 5.92 Å². The third kappa shape index (κ3) is 6.57. The van der Waals surface area contributed by atoms with Crippen molar-refractivity contribution in [2.75, 3.05) is 18.9 Å². The number of likely N-dealkylation sites (tertiary alicyclic amines) is 1. The minimum absolute atomic E-state index is 0.0398. The van der Waals surface area contributed by atoms with E-state index in [1.165, 1.54) is 22.3 Å². The Hall–Kier alpha value is -5.18. The SMILES string of the molecule is C=C[C@@H]1C[C@]1(NC(=O)[C@@H]1C[C@@H](Oc2cc(-c3csc(N)n3)nc3c4c(ccc23)OCC4)CN1C(=O)[C@@H](NC(=O)OC1CCCC1)C(=C)C)C(=O)O. The second-order valence-electron chi connectivity index (χ2n) is 13.6. The molecule has 0 spiro atoms. The zero-order valence-corrected chi connectivity index (χ0v) is 29.0. The summed E-state index contributed by atoms with van der Waals surface area (Å²) in [6, 6.07) is 3.16. The molecule has 4 aliphatic rings. The molecular weight excluding hydrogens is 676 g/mol. The molecule has 3 fully saturated rings. The number of carboxylic acid groups (broad SMARTS) is 1. The van der Waals surface area contributed by atoms with Gasteiger partial charge in [-0.05, 0) is 56.7 Å². The van der Waals surface area contributed by atoms with Crippen LogP contribution >= 0.6 is 11.3 Å². The number of aliphatic carboxylic acids is 1. The lowest BCUT2D eigenvalue weighted by atomic mass is 10.1. The van der Waals surface area contributed by atoms with E-state index < -0.39 is 53.5 Å². The topological polar surface area (TPSA) is 195 Å². The number of pyridine rings is 1. The fourth-order valence-electron chi connectivity index (χ4n) is 7.32. The summed E-state index contributed by atoms with van der Waals surface area (Å²) in [4.78, 5) is 64.1. The van der Waals surface area contributed by atoms with Crippen LogP contribution in [0.4, 0.5) is 9.93 Å². The van der Waals surface area contributed by atoms with Crippen molar-refractivity contribution in [2.45, 2.75) is 81.7 Å². The number of aromatic nitrogens is 2. The number of amides is 3. The molecule has 0 unspecified atom stereocenters. The Morgan fingerprint density at radius 2 is 1.98 bits per heavy atom. The number of carboxylic acids is 1. The minimum atomic E-state index is -1.52. The molecule has 2 aliphatic heterocycles. The lowest BCUT2D eigenvalue weighted by Gasteiger charge is -2.29. The Balaban J connectivity index is 1.20. The molecule has 7 rings (SSSR count). The summed E-state index contributed by atoms with van der Waals surface area (Å²) in [5.41, 5.74) is 7.49. The van der Waals surface area contributed by atoms with Crippen molar-refractivity contribution < 1.29 is 38.5 Å². The molecule has 3 amide bonds. The van der Waals surface area contributed by atoms with Gasteiger partial charge in [0.15, 0.2) is 5.13 Å². The predicted octanol–water partition coefficient (Wildman–Crippen LogP) is 3.98. The summed E-state index contributed by atoms with van der Waals surface area (Å²) in [6.45, 7) is 9.73. The molecule has 3 aromatic rings. The first-order chi connectivity index (χ1) is 24.5. The molecule has 5 N–H and O–H groups in total. The van der Waals surface area contributed by atoms with Crippen LogP contribution in [0.5, 0.6) is 11.5 Å². The van der Waals surface area contributed by atoms with E-state index >= 15 is 0 Å². The maximum Gasteiger partial charge on any atom is 0.408 e. The minimum Gasteiger partial charge on any atom is -0.493 e. The van der Waals surface area contributed by atoms with Crippen LogP contribution in [0.2, 0.25) is 0 Å². The van der Waals surface area contributed by atoms with Gasteiger partial charge in [-0.15, -0.1) is 17.9 Å². The number of anilines is 1. The number of hydrogen-bond acceptors (Lipinski definition) is 11. The molecule has 2 aromatic heterocycles. The van der Waals surface area contributed by atoms with Gasteiger partial charge >= 0.3 is 12.1 Å². The summed E-state index contributed by atoms with van der Waals surface area (Å²) in [6.07, 6.45) is 4.11. The highest BCUT2D eigenvalue weighted by Crippen LogP contribution is 2.45. The first kappa shape index (κ1) is 34.3. The number of alkyl carbamates (subject to hydrolysis) is 1. The van der Waals surface area contributed by atoms with Gasteiger partial charge in [-0.25, -0.2) is 19.6 Å². The number of benzene rings is 1. The van der Waals surface area contributed by atoms with Gasteiger partial charge in [-0.3, -0.25) is 9.59 Å². The number of nitrogen functional groups attached to an aromatic ring is 1. The Kier molecular flexibility index (Phi) is 9.08. The Bertz CT molecular complexity index is 1940. The molecule has 0 bridgehead atoms. The molecule has 2 aliphatic carbocycles. The van der Waals surface area contributed by atoms with Crippen molar-refractivity contribution in [2.24, 2.45) is 5.92 Å². The van der Waals surface area contributed by atoms with E-state index in [0.29, 0.717) is 51.8 Å². The second-order valence-corrected chi connectivity index (χ2v) is 14.5. The van der Waals surface area contributed by atoms with Crippen molar-refractivity contribution in [3.8, 4) is 22.9 Å². The molecule has 51 heavy (non-hydrogen) atoms. The number of carbonyl (C=O) groups is 4. The van der Waals surface area contributed by atoms with Gasteiger partial charge in [0.1, 0.15) is 47.0 Å². The number of nitrogens with zero attached hydrogens (tertiary/aromatic N) is 3. The molecule has 268 valence electrons. The van der Waals surface area contributed by atoms with Crippen molar-refractivity contribution in [1.29, 1.82) is 0 Å². The third-order valence-electron chi connectivity index (χ3n) is 10.1. The zero-order valence-electron chi connectivity index (χ0n) is 28.2. The van der Waals surface area contributed by atoms with Crippen LogP contribution in [-0.2, 0) is 25.5 Å². The highest BCUT2D eigenvalue weighted by molar-refractivity contribution is 7.13. The van der Waals surface area contributed by atoms with Gasteiger partial charge in [0.05, 0.1) is 24.4 Å². The summed E-state index contributed by atoms with van der Waals surface area (Å²) < 4.78 is 18.0. The van der Waals surface area contributed by atoms with Gasteiger partial charge in [0.2, 0.25) is 11.8 Å². The number of nitrogens with one attached hydrogen (secondary N) is 2. The second kappa shape index (κ2) is 13.5. The molecule has 0 radical (unpaired) electrons. The molecule has 5 atom stereocenters. The van der Waals surface area contributed by atoms with Crippen LogP contribution < -0.4 is 25.8 Å². The normalized spacial score (nSPS) is 24.3. The largest absolute Gasteiger partial charge is 0.493 e. The smallest absolute Gasteiger partial charge is 0.408 e. The predicted molar refractivity (Wildman–Crippen MR) is 188 cm³/mol. The van der Waals surface area contributed by atoms with E-state index in [9.17, 15) is 24.3 Å². The van der Waals surface area contributed by atoms with Crippen molar-refractivity contribution in [1.82, 2.24) is 25.5 Å². The lowest BCUT2D eigenvalue weighted by molar-refractivity contribution is -0.145. The highest BCUT2D eigenvalue weighted by atomic mass is 32.1. The fraction of sp³-hybridized carbons (Fsp3) is 0.444. The van der Waals surface area contributed by atoms with Gasteiger partial charge < -0.3 is 40.6 Å². The zero-order chi connectivity index (χ0) is 36.0. The molecular formula is C36H40N6O8S. The summed E-state index contributed by atoms with van der Waals surface area (Å²) in [5.74, 6) is -1.69.